The van der Waals surface area contributed by atoms with Crippen LogP contribution in [0.5, 0.6) is 0 Å². The first-order valence-electron chi connectivity index (χ1n) is 6.89. The lowest BCUT2D eigenvalue weighted by molar-refractivity contribution is 0.614. The molecule has 0 N–H and O–H groups in total. The highest BCUT2D eigenvalue weighted by Crippen LogP contribution is 2.27. The zero-order valence-corrected chi connectivity index (χ0v) is 12.7. The number of rotatable bonds is 3. The second-order valence-electron chi connectivity index (χ2n) is 5.25. The van der Waals surface area contributed by atoms with Crippen molar-refractivity contribution in [1.29, 1.82) is 0 Å². The van der Waals surface area contributed by atoms with Crippen molar-refractivity contribution in [2.75, 3.05) is 0 Å². The number of fused-ring (bicyclic) bond motifs is 1. The Balaban J connectivity index is 2.17. The minimum atomic E-state index is -0.227. The van der Waals surface area contributed by atoms with Gasteiger partial charge in [0.25, 0.3) is 0 Å². The fourth-order valence-electron chi connectivity index (χ4n) is 2.67. The van der Waals surface area contributed by atoms with Gasteiger partial charge in [0.15, 0.2) is 0 Å². The molecule has 0 aliphatic heterocycles. The number of imidazole rings is 1. The van der Waals surface area contributed by atoms with Gasteiger partial charge in [-0.05, 0) is 49.2 Å². The van der Waals surface area contributed by atoms with Gasteiger partial charge in [-0.15, -0.1) is 11.6 Å². The van der Waals surface area contributed by atoms with Crippen molar-refractivity contribution in [1.82, 2.24) is 9.55 Å². The Bertz CT molecular complexity index is 777. The molecule has 0 bridgehead atoms. The van der Waals surface area contributed by atoms with E-state index in [9.17, 15) is 4.39 Å². The zero-order chi connectivity index (χ0) is 15.0. The van der Waals surface area contributed by atoms with E-state index in [1.807, 2.05) is 12.1 Å². The molecule has 0 fully saturated rings. The Morgan fingerprint density at radius 2 is 1.90 bits per heavy atom. The highest BCUT2D eigenvalue weighted by atomic mass is 35.5. The number of aromatic nitrogens is 2. The Labute approximate surface area is 128 Å². The quantitative estimate of drug-likeness (QED) is 0.634. The lowest BCUT2D eigenvalue weighted by atomic mass is 10.1. The molecule has 21 heavy (non-hydrogen) atoms. The van der Waals surface area contributed by atoms with Crippen molar-refractivity contribution in [2.24, 2.45) is 0 Å². The number of alkyl halides is 1. The van der Waals surface area contributed by atoms with Crippen molar-refractivity contribution in [3.8, 4) is 0 Å². The summed E-state index contributed by atoms with van der Waals surface area (Å²) in [4.78, 5) is 4.59. The topological polar surface area (TPSA) is 17.8 Å². The number of aryl methyl sites for hydroxylation is 1. The SMILES string of the molecule is Cc1ccc2nc(CCl)n(C(C)c3ccc(F)cc3)c2c1. The van der Waals surface area contributed by atoms with Gasteiger partial charge in [0, 0.05) is 0 Å². The first-order valence-corrected chi connectivity index (χ1v) is 7.42. The van der Waals surface area contributed by atoms with Crippen LogP contribution in [0, 0.1) is 12.7 Å². The highest BCUT2D eigenvalue weighted by molar-refractivity contribution is 6.16. The maximum atomic E-state index is 13.1. The van der Waals surface area contributed by atoms with Crippen molar-refractivity contribution in [3.05, 3.63) is 65.2 Å². The molecule has 1 unspecified atom stereocenters. The molecule has 2 nitrogen and oxygen atoms in total. The number of benzene rings is 2. The molecule has 2 aromatic carbocycles. The molecule has 0 amide bonds. The van der Waals surface area contributed by atoms with Crippen LogP contribution in [-0.2, 0) is 5.88 Å². The van der Waals surface area contributed by atoms with Crippen molar-refractivity contribution in [3.63, 3.8) is 0 Å². The van der Waals surface area contributed by atoms with Crippen molar-refractivity contribution >= 4 is 22.6 Å². The van der Waals surface area contributed by atoms with E-state index in [0.717, 1.165) is 22.4 Å². The van der Waals surface area contributed by atoms with E-state index >= 15 is 0 Å². The number of nitrogens with zero attached hydrogens (tertiary/aromatic N) is 2. The number of halogens is 2. The zero-order valence-electron chi connectivity index (χ0n) is 12.0. The van der Waals surface area contributed by atoms with Crippen LogP contribution < -0.4 is 0 Å². The summed E-state index contributed by atoms with van der Waals surface area (Å²) in [5.41, 5.74) is 4.20. The predicted octanol–water partition coefficient (Wildman–Crippen LogP) is 4.83. The molecule has 0 saturated carbocycles. The van der Waals surface area contributed by atoms with E-state index in [0.29, 0.717) is 5.88 Å². The molecule has 3 aromatic rings. The van der Waals surface area contributed by atoms with E-state index in [2.05, 4.69) is 29.5 Å². The van der Waals surface area contributed by atoms with Gasteiger partial charge in [-0.3, -0.25) is 0 Å². The van der Waals surface area contributed by atoms with Crippen molar-refractivity contribution in [2.45, 2.75) is 25.8 Å². The first kappa shape index (κ1) is 14.1. The Morgan fingerprint density at radius 1 is 1.19 bits per heavy atom. The standard InChI is InChI=1S/C17H16ClFN2/c1-11-3-8-15-16(9-11)21(17(10-18)20-15)12(2)13-4-6-14(19)7-5-13/h3-9,12H,10H2,1-2H3. The van der Waals surface area contributed by atoms with Crippen LogP contribution in [0.4, 0.5) is 4.39 Å². The first-order chi connectivity index (χ1) is 10.1. The minimum Gasteiger partial charge on any atom is -0.320 e. The smallest absolute Gasteiger partial charge is 0.125 e. The molecule has 4 heteroatoms. The molecule has 1 heterocycles. The Kier molecular flexibility index (Phi) is 3.68. The number of hydrogen-bond donors (Lipinski definition) is 0. The molecular weight excluding hydrogens is 287 g/mol. The van der Waals surface area contributed by atoms with Gasteiger partial charge in [-0.25, -0.2) is 9.37 Å². The van der Waals surface area contributed by atoms with E-state index in [4.69, 9.17) is 11.6 Å². The summed E-state index contributed by atoms with van der Waals surface area (Å²) in [6.07, 6.45) is 0. The van der Waals surface area contributed by atoms with Crippen LogP contribution in [0.3, 0.4) is 0 Å². The average molecular weight is 303 g/mol. The molecule has 1 atom stereocenters. The van der Waals surface area contributed by atoms with E-state index in [1.54, 1.807) is 12.1 Å². The Morgan fingerprint density at radius 3 is 2.57 bits per heavy atom. The normalized spacial score (nSPS) is 12.8. The van der Waals surface area contributed by atoms with E-state index in [1.165, 1.54) is 17.7 Å². The molecule has 0 saturated heterocycles. The van der Waals surface area contributed by atoms with Gasteiger partial charge in [-0.2, -0.15) is 0 Å². The maximum Gasteiger partial charge on any atom is 0.125 e. The minimum absolute atomic E-state index is 0.0474. The van der Waals surface area contributed by atoms with Gasteiger partial charge >= 0.3 is 0 Å². The third-order valence-electron chi connectivity index (χ3n) is 3.78. The fraction of sp³-hybridized carbons (Fsp3) is 0.235. The molecular formula is C17H16ClFN2. The summed E-state index contributed by atoms with van der Waals surface area (Å²) in [7, 11) is 0. The second kappa shape index (κ2) is 5.49. The molecule has 108 valence electrons. The third-order valence-corrected chi connectivity index (χ3v) is 4.02. The second-order valence-corrected chi connectivity index (χ2v) is 5.52. The van der Waals surface area contributed by atoms with Gasteiger partial charge in [-0.1, -0.05) is 18.2 Å². The van der Waals surface area contributed by atoms with Crippen molar-refractivity contribution < 1.29 is 4.39 Å². The molecule has 0 radical (unpaired) electrons. The third kappa shape index (κ3) is 2.54. The summed E-state index contributed by atoms with van der Waals surface area (Å²) in [6, 6.07) is 12.8. The fourth-order valence-corrected chi connectivity index (χ4v) is 2.86. The lowest BCUT2D eigenvalue weighted by Gasteiger charge is -2.17. The maximum absolute atomic E-state index is 13.1. The van der Waals surface area contributed by atoms with Crippen LogP contribution in [0.25, 0.3) is 11.0 Å². The van der Waals surface area contributed by atoms with Gasteiger partial charge in [0.2, 0.25) is 0 Å². The number of hydrogen-bond acceptors (Lipinski definition) is 1. The molecule has 0 aliphatic rings. The molecule has 0 aliphatic carbocycles. The monoisotopic (exact) mass is 302 g/mol. The molecule has 1 aromatic heterocycles. The molecule has 0 spiro atoms. The van der Waals surface area contributed by atoms with Crippen LogP contribution in [0.1, 0.15) is 29.9 Å². The summed E-state index contributed by atoms with van der Waals surface area (Å²) >= 11 is 6.06. The summed E-state index contributed by atoms with van der Waals surface area (Å²) in [5.74, 6) is 0.947. The molecule has 3 rings (SSSR count). The van der Waals surface area contributed by atoms with E-state index in [-0.39, 0.29) is 11.9 Å². The summed E-state index contributed by atoms with van der Waals surface area (Å²) < 4.78 is 15.2. The Hall–Kier alpha value is -1.87. The predicted molar refractivity (Wildman–Crippen MR) is 84.2 cm³/mol. The van der Waals surface area contributed by atoms with Crippen LogP contribution in [0.2, 0.25) is 0 Å². The lowest BCUT2D eigenvalue weighted by Crippen LogP contribution is -2.10. The van der Waals surface area contributed by atoms with Crippen LogP contribution >= 0.6 is 11.6 Å². The largest absolute Gasteiger partial charge is 0.320 e. The highest BCUT2D eigenvalue weighted by Gasteiger charge is 2.16. The van der Waals surface area contributed by atoms with Gasteiger partial charge in [0.05, 0.1) is 23.0 Å². The van der Waals surface area contributed by atoms with Crippen LogP contribution in [-0.4, -0.2) is 9.55 Å². The average Bonchev–Trinajstić information content (AvgIpc) is 2.85. The summed E-state index contributed by atoms with van der Waals surface area (Å²) in [5, 5.41) is 0. The summed E-state index contributed by atoms with van der Waals surface area (Å²) in [6.45, 7) is 4.13. The van der Waals surface area contributed by atoms with E-state index < -0.39 is 0 Å². The van der Waals surface area contributed by atoms with Gasteiger partial charge in [0.1, 0.15) is 11.6 Å². The van der Waals surface area contributed by atoms with Crippen LogP contribution in [0.15, 0.2) is 42.5 Å². The van der Waals surface area contributed by atoms with Gasteiger partial charge < -0.3 is 4.57 Å².